The molecule has 0 saturated heterocycles. The molecule has 128 valence electrons. The zero-order valence-electron chi connectivity index (χ0n) is 13.6. The summed E-state index contributed by atoms with van der Waals surface area (Å²) in [4.78, 5) is 27.9. The normalized spacial score (nSPS) is 15.7. The summed E-state index contributed by atoms with van der Waals surface area (Å²) in [5, 5.41) is 0. The molecule has 0 bridgehead atoms. The van der Waals surface area contributed by atoms with Gasteiger partial charge in [0.15, 0.2) is 5.96 Å². The number of hydrogen-bond acceptors (Lipinski definition) is 2. The van der Waals surface area contributed by atoms with Crippen LogP contribution in [0, 0.1) is 0 Å². The Bertz CT molecular complexity index is 755. The van der Waals surface area contributed by atoms with E-state index in [0.717, 1.165) is 18.9 Å². The maximum atomic E-state index is 14.0. The highest BCUT2D eigenvalue weighted by atomic mass is 19.1. The number of aliphatic imine (C=N–C) groups is 1. The lowest BCUT2D eigenvalue weighted by Gasteiger charge is -2.16. The Morgan fingerprint density at radius 1 is 1.42 bits per heavy atom. The number of aromatic nitrogens is 1. The number of amides is 1. The van der Waals surface area contributed by atoms with Gasteiger partial charge in [-0.2, -0.15) is 4.99 Å². The van der Waals surface area contributed by atoms with Crippen LogP contribution >= 0.6 is 0 Å². The highest BCUT2D eigenvalue weighted by Crippen LogP contribution is 2.30. The smallest absolute Gasteiger partial charge is 0.296 e. The van der Waals surface area contributed by atoms with Gasteiger partial charge in [0.1, 0.15) is 17.3 Å². The molecule has 6 nitrogen and oxygen atoms in total. The van der Waals surface area contributed by atoms with Crippen LogP contribution in [0.3, 0.4) is 0 Å². The van der Waals surface area contributed by atoms with Crippen LogP contribution in [0.15, 0.2) is 29.5 Å². The number of Topliss-reactive ketones (excluding diaryl/α,β-unsaturated/α-hetero) is 1. The zero-order chi connectivity index (χ0) is 17.9. The minimum absolute atomic E-state index is 0.0583. The Labute approximate surface area is 139 Å². The number of halogens is 1. The number of guanidine groups is 1. The van der Waals surface area contributed by atoms with E-state index in [9.17, 15) is 14.0 Å². The van der Waals surface area contributed by atoms with E-state index in [1.54, 1.807) is 17.6 Å². The first-order valence-electron chi connectivity index (χ1n) is 7.72. The molecule has 1 aliphatic rings. The molecule has 1 aliphatic heterocycles. The monoisotopic (exact) mass is 332 g/mol. The van der Waals surface area contributed by atoms with Crippen molar-refractivity contribution in [2.75, 3.05) is 0 Å². The van der Waals surface area contributed by atoms with E-state index in [4.69, 9.17) is 11.5 Å². The molecule has 0 fully saturated rings. The van der Waals surface area contributed by atoms with Crippen molar-refractivity contribution in [1.29, 1.82) is 0 Å². The van der Waals surface area contributed by atoms with Crippen LogP contribution < -0.4 is 11.5 Å². The predicted molar refractivity (Wildman–Crippen MR) is 91.0 cm³/mol. The lowest BCUT2D eigenvalue weighted by molar-refractivity contribution is -0.118. The van der Waals surface area contributed by atoms with Gasteiger partial charge >= 0.3 is 0 Å². The summed E-state index contributed by atoms with van der Waals surface area (Å²) in [7, 11) is 0. The molecule has 1 aromatic rings. The second-order valence-electron chi connectivity index (χ2n) is 5.73. The molecule has 1 amide bonds. The quantitative estimate of drug-likeness (QED) is 0.502. The molecule has 0 atom stereocenters. The van der Waals surface area contributed by atoms with Crippen molar-refractivity contribution >= 4 is 23.2 Å². The third-order valence-electron chi connectivity index (χ3n) is 4.05. The van der Waals surface area contributed by atoms with Crippen molar-refractivity contribution < 1.29 is 14.0 Å². The largest absolute Gasteiger partial charge is 0.370 e. The Morgan fingerprint density at radius 2 is 2.12 bits per heavy atom. The van der Waals surface area contributed by atoms with E-state index < -0.39 is 11.7 Å². The number of rotatable bonds is 3. The summed E-state index contributed by atoms with van der Waals surface area (Å²) in [6, 6.07) is 1.54. The van der Waals surface area contributed by atoms with E-state index in [1.807, 2.05) is 0 Å². The first-order valence-corrected chi connectivity index (χ1v) is 7.72. The van der Waals surface area contributed by atoms with E-state index in [0.29, 0.717) is 29.8 Å². The van der Waals surface area contributed by atoms with Crippen LogP contribution in [0.25, 0.3) is 5.57 Å². The van der Waals surface area contributed by atoms with Crippen LogP contribution in [0.5, 0.6) is 0 Å². The molecule has 1 aromatic heterocycles. The van der Waals surface area contributed by atoms with Gasteiger partial charge in [-0.25, -0.2) is 4.39 Å². The van der Waals surface area contributed by atoms with Gasteiger partial charge in [-0.15, -0.1) is 0 Å². The summed E-state index contributed by atoms with van der Waals surface area (Å²) < 4.78 is 15.7. The number of allylic oxidation sites excluding steroid dienone is 3. The average Bonchev–Trinajstić information content (AvgIpc) is 2.85. The number of carbonyl (C=O) groups excluding carboxylic acids is 2. The Morgan fingerprint density at radius 3 is 2.75 bits per heavy atom. The molecule has 0 unspecified atom stereocenters. The zero-order valence-corrected chi connectivity index (χ0v) is 13.6. The molecule has 2 heterocycles. The summed E-state index contributed by atoms with van der Waals surface area (Å²) in [5.41, 5.74) is 12.3. The minimum atomic E-state index is -0.609. The lowest BCUT2D eigenvalue weighted by atomic mass is 10.0. The van der Waals surface area contributed by atoms with Crippen molar-refractivity contribution in [3.63, 3.8) is 0 Å². The van der Waals surface area contributed by atoms with E-state index in [2.05, 4.69) is 11.6 Å². The van der Waals surface area contributed by atoms with Gasteiger partial charge in [-0.3, -0.25) is 9.59 Å². The van der Waals surface area contributed by atoms with Crippen LogP contribution in [0.2, 0.25) is 0 Å². The SMILES string of the molecule is C=CC(F)=C(C)c1cc(C(=O)N=C(N)N)n2c1CC(=O)CCCC2. The molecule has 24 heavy (non-hydrogen) atoms. The molecule has 0 spiro atoms. The maximum absolute atomic E-state index is 14.0. The van der Waals surface area contributed by atoms with E-state index in [-0.39, 0.29) is 23.9 Å². The van der Waals surface area contributed by atoms with Gasteiger partial charge in [0.05, 0.1) is 0 Å². The summed E-state index contributed by atoms with van der Waals surface area (Å²) in [5.74, 6) is -1.40. The number of fused-ring (bicyclic) bond motifs is 1. The Hall–Kier alpha value is -2.70. The van der Waals surface area contributed by atoms with Crippen molar-refractivity contribution in [1.82, 2.24) is 4.57 Å². The first-order chi connectivity index (χ1) is 11.3. The van der Waals surface area contributed by atoms with Crippen molar-refractivity contribution in [3.8, 4) is 0 Å². The topological polar surface area (TPSA) is 103 Å². The van der Waals surface area contributed by atoms with Crippen LogP contribution in [0.1, 0.15) is 47.9 Å². The third kappa shape index (κ3) is 3.61. The number of hydrogen-bond donors (Lipinski definition) is 2. The second-order valence-corrected chi connectivity index (χ2v) is 5.73. The number of carbonyl (C=O) groups is 2. The molecule has 7 heteroatoms. The average molecular weight is 332 g/mol. The van der Waals surface area contributed by atoms with Gasteiger partial charge in [0.25, 0.3) is 5.91 Å². The first kappa shape index (κ1) is 17.7. The van der Waals surface area contributed by atoms with Gasteiger partial charge in [0, 0.05) is 30.6 Å². The molecule has 2 rings (SSSR count). The van der Waals surface area contributed by atoms with Gasteiger partial charge < -0.3 is 16.0 Å². The van der Waals surface area contributed by atoms with Gasteiger partial charge in [-0.05, 0) is 37.5 Å². The van der Waals surface area contributed by atoms with Crippen LogP contribution in [0.4, 0.5) is 4.39 Å². The van der Waals surface area contributed by atoms with Crippen molar-refractivity contribution in [2.24, 2.45) is 16.5 Å². The fraction of sp³-hybridized carbons (Fsp3) is 0.353. The van der Waals surface area contributed by atoms with Crippen molar-refractivity contribution in [3.05, 3.63) is 41.5 Å². The Kier molecular flexibility index (Phi) is 5.33. The maximum Gasteiger partial charge on any atom is 0.296 e. The molecule has 4 N–H and O–H groups in total. The summed E-state index contributed by atoms with van der Waals surface area (Å²) in [6.07, 6.45) is 3.21. The molecule has 0 saturated carbocycles. The fourth-order valence-corrected chi connectivity index (χ4v) is 2.86. The highest BCUT2D eigenvalue weighted by Gasteiger charge is 2.24. The Balaban J connectivity index is 2.68. The van der Waals surface area contributed by atoms with Gasteiger partial charge in [0.2, 0.25) is 0 Å². The molecule has 0 radical (unpaired) electrons. The molecule has 0 aliphatic carbocycles. The number of nitrogens with zero attached hydrogens (tertiary/aromatic N) is 2. The third-order valence-corrected chi connectivity index (χ3v) is 4.05. The summed E-state index contributed by atoms with van der Waals surface area (Å²) in [6.45, 7) is 5.56. The lowest BCUT2D eigenvalue weighted by Crippen LogP contribution is -2.25. The molecule has 0 aromatic carbocycles. The van der Waals surface area contributed by atoms with Crippen LogP contribution in [-0.4, -0.2) is 22.2 Å². The van der Waals surface area contributed by atoms with Crippen molar-refractivity contribution in [2.45, 2.75) is 39.2 Å². The minimum Gasteiger partial charge on any atom is -0.370 e. The van der Waals surface area contributed by atoms with E-state index >= 15 is 0 Å². The second kappa shape index (κ2) is 7.25. The fourth-order valence-electron chi connectivity index (χ4n) is 2.86. The molecular weight excluding hydrogens is 311 g/mol. The standard InChI is InChI=1S/C17H21FN4O2/c1-3-13(18)10(2)12-9-15(16(24)21-17(19)20)22-7-5-4-6-11(23)8-14(12)22/h3,9H,1,4-8H2,2H3,(H4,19,20,21,24). The van der Waals surface area contributed by atoms with Gasteiger partial charge in [-0.1, -0.05) is 6.58 Å². The number of nitrogens with two attached hydrogens (primary N) is 2. The van der Waals surface area contributed by atoms with Crippen LogP contribution in [-0.2, 0) is 17.8 Å². The summed E-state index contributed by atoms with van der Waals surface area (Å²) >= 11 is 0. The molecular formula is C17H21FN4O2. The van der Waals surface area contributed by atoms with E-state index in [1.165, 1.54) is 0 Å². The highest BCUT2D eigenvalue weighted by molar-refractivity contribution is 6.02. The number of ketones is 1. The predicted octanol–water partition coefficient (Wildman–Crippen LogP) is 2.08.